The van der Waals surface area contributed by atoms with Crippen molar-refractivity contribution >= 4 is 38.1 Å². The van der Waals surface area contributed by atoms with Crippen LogP contribution in [0, 0.1) is 0 Å². The van der Waals surface area contributed by atoms with Crippen molar-refractivity contribution in [1.82, 2.24) is 4.98 Å². The summed E-state index contributed by atoms with van der Waals surface area (Å²) >= 11 is 5.06. The van der Waals surface area contributed by atoms with Crippen molar-refractivity contribution in [2.45, 2.75) is 0 Å². The fourth-order valence-electron chi connectivity index (χ4n) is 1.78. The second-order valence-corrected chi connectivity index (χ2v) is 6.16. The Morgan fingerprint density at radius 3 is 2.65 bits per heavy atom. The van der Waals surface area contributed by atoms with Gasteiger partial charge < -0.3 is 10.4 Å². The van der Waals surface area contributed by atoms with E-state index in [0.717, 1.165) is 25.7 Å². The summed E-state index contributed by atoms with van der Waals surface area (Å²) in [6, 6.07) is 15.0. The molecule has 0 aliphatic heterocycles. The predicted octanol–water partition coefficient (Wildman–Crippen LogP) is 5.02. The molecular weight excluding hydrogens is 336 g/mol. The number of phenols is 1. The number of hydrogen-bond acceptors (Lipinski definition) is 4. The molecule has 0 bridgehead atoms. The lowest BCUT2D eigenvalue weighted by Gasteiger charge is -2.01. The maximum absolute atomic E-state index is 9.26. The third-order valence-electron chi connectivity index (χ3n) is 2.73. The summed E-state index contributed by atoms with van der Waals surface area (Å²) in [5.74, 6) is 0.254. The number of aromatic hydroxyl groups is 1. The van der Waals surface area contributed by atoms with Gasteiger partial charge in [-0.1, -0.05) is 39.4 Å². The molecule has 0 unspecified atom stereocenters. The van der Waals surface area contributed by atoms with E-state index >= 15 is 0 Å². The van der Waals surface area contributed by atoms with Crippen LogP contribution in [0.1, 0.15) is 0 Å². The Hall–Kier alpha value is -1.85. The highest BCUT2D eigenvalue weighted by Crippen LogP contribution is 2.32. The zero-order valence-corrected chi connectivity index (χ0v) is 12.8. The Balaban J connectivity index is 1.82. The van der Waals surface area contributed by atoms with Crippen LogP contribution >= 0.6 is 27.3 Å². The van der Waals surface area contributed by atoms with E-state index in [4.69, 9.17) is 0 Å². The van der Waals surface area contributed by atoms with Gasteiger partial charge in [0.25, 0.3) is 0 Å². The number of rotatable bonds is 3. The van der Waals surface area contributed by atoms with Gasteiger partial charge in [0, 0.05) is 16.4 Å². The molecule has 3 rings (SSSR count). The maximum atomic E-state index is 9.26. The number of thiazole rings is 1. The van der Waals surface area contributed by atoms with Crippen LogP contribution in [-0.2, 0) is 0 Å². The van der Waals surface area contributed by atoms with Crippen molar-refractivity contribution in [1.29, 1.82) is 0 Å². The Morgan fingerprint density at radius 1 is 1.10 bits per heavy atom. The predicted molar refractivity (Wildman–Crippen MR) is 86.6 cm³/mol. The van der Waals surface area contributed by atoms with Gasteiger partial charge in [0.1, 0.15) is 5.75 Å². The first-order valence-electron chi connectivity index (χ1n) is 5.98. The number of aromatic nitrogens is 1. The molecule has 0 amide bonds. The van der Waals surface area contributed by atoms with Crippen molar-refractivity contribution in [3.8, 4) is 16.2 Å². The Bertz CT molecular complexity index is 725. The number of benzene rings is 2. The molecule has 3 nitrogen and oxygen atoms in total. The number of anilines is 2. The SMILES string of the molecule is Oc1ccc(Nc2ncc(-c3cccc(Br)c3)s2)cc1. The molecule has 3 aromatic rings. The summed E-state index contributed by atoms with van der Waals surface area (Å²) in [6.45, 7) is 0. The first kappa shape index (κ1) is 13.1. The fourth-order valence-corrected chi connectivity index (χ4v) is 3.01. The summed E-state index contributed by atoms with van der Waals surface area (Å²) in [7, 11) is 0. The molecule has 2 aromatic carbocycles. The molecule has 0 saturated heterocycles. The van der Waals surface area contributed by atoms with E-state index in [9.17, 15) is 5.11 Å². The zero-order chi connectivity index (χ0) is 13.9. The van der Waals surface area contributed by atoms with Crippen molar-refractivity contribution in [3.05, 3.63) is 59.2 Å². The molecule has 100 valence electrons. The lowest BCUT2D eigenvalue weighted by molar-refractivity contribution is 0.475. The van der Waals surface area contributed by atoms with Gasteiger partial charge >= 0.3 is 0 Å². The molecular formula is C15H11BrN2OS. The van der Waals surface area contributed by atoms with Crippen molar-refractivity contribution in [2.75, 3.05) is 5.32 Å². The van der Waals surface area contributed by atoms with Crippen molar-refractivity contribution in [3.63, 3.8) is 0 Å². The molecule has 1 heterocycles. The smallest absolute Gasteiger partial charge is 0.187 e. The second kappa shape index (κ2) is 5.64. The molecule has 20 heavy (non-hydrogen) atoms. The summed E-state index contributed by atoms with van der Waals surface area (Å²) in [4.78, 5) is 5.47. The Kier molecular flexibility index (Phi) is 3.71. The van der Waals surface area contributed by atoms with Crippen LogP contribution in [-0.4, -0.2) is 10.1 Å². The third kappa shape index (κ3) is 3.00. The first-order valence-corrected chi connectivity index (χ1v) is 7.59. The van der Waals surface area contributed by atoms with E-state index in [1.807, 2.05) is 30.5 Å². The monoisotopic (exact) mass is 346 g/mol. The summed E-state index contributed by atoms with van der Waals surface area (Å²) in [5, 5.41) is 13.3. The minimum atomic E-state index is 0.254. The topological polar surface area (TPSA) is 45.1 Å². The van der Waals surface area contributed by atoms with Crippen LogP contribution in [0.25, 0.3) is 10.4 Å². The van der Waals surface area contributed by atoms with Crippen LogP contribution in [0.4, 0.5) is 10.8 Å². The Labute approximate surface area is 129 Å². The van der Waals surface area contributed by atoms with Crippen LogP contribution in [0.15, 0.2) is 59.2 Å². The van der Waals surface area contributed by atoms with Crippen LogP contribution < -0.4 is 5.32 Å². The van der Waals surface area contributed by atoms with Crippen LogP contribution in [0.2, 0.25) is 0 Å². The number of halogens is 1. The quantitative estimate of drug-likeness (QED) is 0.654. The van der Waals surface area contributed by atoms with Gasteiger partial charge in [0.15, 0.2) is 5.13 Å². The molecule has 2 N–H and O–H groups in total. The average molecular weight is 347 g/mol. The van der Waals surface area contributed by atoms with Gasteiger partial charge in [-0.2, -0.15) is 0 Å². The number of hydrogen-bond donors (Lipinski definition) is 2. The lowest BCUT2D eigenvalue weighted by atomic mass is 10.2. The molecule has 0 aliphatic carbocycles. The molecule has 0 spiro atoms. The van der Waals surface area contributed by atoms with Crippen molar-refractivity contribution < 1.29 is 5.11 Å². The van der Waals surface area contributed by atoms with Gasteiger partial charge in [-0.25, -0.2) is 4.98 Å². The maximum Gasteiger partial charge on any atom is 0.187 e. The van der Waals surface area contributed by atoms with Crippen molar-refractivity contribution in [2.24, 2.45) is 0 Å². The van der Waals surface area contributed by atoms with Gasteiger partial charge in [-0.15, -0.1) is 0 Å². The summed E-state index contributed by atoms with van der Waals surface area (Å²) in [6.07, 6.45) is 1.86. The third-order valence-corrected chi connectivity index (χ3v) is 4.19. The first-order chi connectivity index (χ1) is 9.70. The lowest BCUT2D eigenvalue weighted by Crippen LogP contribution is -1.87. The molecule has 5 heteroatoms. The van der Waals surface area contributed by atoms with Crippen LogP contribution in [0.5, 0.6) is 5.75 Å². The normalized spacial score (nSPS) is 10.4. The second-order valence-electron chi connectivity index (χ2n) is 4.21. The van der Waals surface area contributed by atoms with Gasteiger partial charge in [0.2, 0.25) is 0 Å². The Morgan fingerprint density at radius 2 is 1.90 bits per heavy atom. The molecule has 0 saturated carbocycles. The van der Waals surface area contributed by atoms with Gasteiger partial charge in [-0.3, -0.25) is 0 Å². The zero-order valence-electron chi connectivity index (χ0n) is 10.4. The van der Waals surface area contributed by atoms with E-state index in [2.05, 4.69) is 38.4 Å². The average Bonchev–Trinajstić information content (AvgIpc) is 2.90. The molecule has 0 radical (unpaired) electrons. The van der Waals surface area contributed by atoms with E-state index in [1.54, 1.807) is 23.5 Å². The van der Waals surface area contributed by atoms with E-state index < -0.39 is 0 Å². The minimum absolute atomic E-state index is 0.254. The number of phenolic OH excluding ortho intramolecular Hbond substituents is 1. The van der Waals surface area contributed by atoms with E-state index in [1.165, 1.54) is 0 Å². The van der Waals surface area contributed by atoms with Gasteiger partial charge in [-0.05, 0) is 42.0 Å². The number of nitrogens with one attached hydrogen (secondary N) is 1. The summed E-state index contributed by atoms with van der Waals surface area (Å²) in [5.41, 5.74) is 2.04. The molecule has 1 aromatic heterocycles. The summed E-state index contributed by atoms with van der Waals surface area (Å²) < 4.78 is 1.05. The highest BCUT2D eigenvalue weighted by Gasteiger charge is 2.05. The minimum Gasteiger partial charge on any atom is -0.508 e. The van der Waals surface area contributed by atoms with E-state index in [-0.39, 0.29) is 5.75 Å². The fraction of sp³-hybridized carbons (Fsp3) is 0. The molecule has 0 fully saturated rings. The van der Waals surface area contributed by atoms with Gasteiger partial charge in [0.05, 0.1) is 4.88 Å². The molecule has 0 atom stereocenters. The molecule has 0 aliphatic rings. The van der Waals surface area contributed by atoms with E-state index in [0.29, 0.717) is 0 Å². The standard InChI is InChI=1S/C15H11BrN2OS/c16-11-3-1-2-10(8-11)14-9-17-15(20-14)18-12-4-6-13(19)7-5-12/h1-9,19H,(H,17,18). The van der Waals surface area contributed by atoms with Crippen LogP contribution in [0.3, 0.4) is 0 Å². The largest absolute Gasteiger partial charge is 0.508 e. The highest BCUT2D eigenvalue weighted by molar-refractivity contribution is 9.10. The number of nitrogens with zero attached hydrogens (tertiary/aromatic N) is 1. The highest BCUT2D eigenvalue weighted by atomic mass is 79.9.